The Balaban J connectivity index is 2.49. The van der Waals surface area contributed by atoms with Crippen LogP contribution in [0.1, 0.15) is 68.4 Å². The number of nitrogens with zero attached hydrogens (tertiary/aromatic N) is 2. The molecule has 1 aromatic rings. The molecule has 2 rings (SSSR count). The third-order valence-corrected chi connectivity index (χ3v) is 5.23. The summed E-state index contributed by atoms with van der Waals surface area (Å²) < 4.78 is 0. The molecule has 5 nitrogen and oxygen atoms in total. The summed E-state index contributed by atoms with van der Waals surface area (Å²) in [5, 5.41) is 11.9. The molecule has 5 heteroatoms. The molecule has 0 radical (unpaired) electrons. The fourth-order valence-corrected chi connectivity index (χ4v) is 3.31. The minimum atomic E-state index is -0.221. The van der Waals surface area contributed by atoms with Crippen LogP contribution in [0, 0.1) is 24.2 Å². The van der Waals surface area contributed by atoms with Crippen LogP contribution in [0.15, 0.2) is 18.0 Å². The van der Waals surface area contributed by atoms with E-state index in [9.17, 15) is 4.79 Å². The molecule has 0 atom stereocenters. The van der Waals surface area contributed by atoms with Gasteiger partial charge in [0.25, 0.3) is 5.91 Å². The number of carbonyl (C=O) groups excluding carboxylic acids is 1. The van der Waals surface area contributed by atoms with Gasteiger partial charge in [-0.3, -0.25) is 4.79 Å². The van der Waals surface area contributed by atoms with E-state index in [0.29, 0.717) is 16.5 Å². The van der Waals surface area contributed by atoms with Crippen molar-refractivity contribution in [2.75, 3.05) is 24.6 Å². The molecule has 0 spiro atoms. The quantitative estimate of drug-likeness (QED) is 0.802. The lowest BCUT2D eigenvalue weighted by Gasteiger charge is -2.26. The van der Waals surface area contributed by atoms with E-state index >= 15 is 0 Å². The Bertz CT molecular complexity index is 785. The van der Waals surface area contributed by atoms with Crippen LogP contribution in [-0.2, 0) is 0 Å². The SMILES string of the molecule is C/C=C(\C)NC(=O)c1c(N2CCCC(C)(C)CC2)ncc(C#CCO)c1C. The number of hydrogen-bond donors (Lipinski definition) is 2. The van der Waals surface area contributed by atoms with E-state index in [4.69, 9.17) is 5.11 Å². The average molecular weight is 370 g/mol. The van der Waals surface area contributed by atoms with Crippen molar-refractivity contribution in [1.29, 1.82) is 0 Å². The number of pyridine rings is 1. The summed E-state index contributed by atoms with van der Waals surface area (Å²) in [6.07, 6.45) is 6.89. The van der Waals surface area contributed by atoms with E-state index < -0.39 is 0 Å². The summed E-state index contributed by atoms with van der Waals surface area (Å²) in [7, 11) is 0. The number of carbonyl (C=O) groups is 1. The number of aliphatic hydroxyl groups is 1. The summed E-state index contributed by atoms with van der Waals surface area (Å²) in [4.78, 5) is 19.9. The van der Waals surface area contributed by atoms with E-state index in [0.717, 1.165) is 43.0 Å². The lowest BCUT2D eigenvalue weighted by molar-refractivity contribution is 0.0965. The molecule has 0 bridgehead atoms. The van der Waals surface area contributed by atoms with Crippen LogP contribution in [0.2, 0.25) is 0 Å². The van der Waals surface area contributed by atoms with E-state index in [1.807, 2.05) is 26.8 Å². The highest BCUT2D eigenvalue weighted by Gasteiger charge is 2.27. The summed E-state index contributed by atoms with van der Waals surface area (Å²) >= 11 is 0. The van der Waals surface area contributed by atoms with Gasteiger partial charge < -0.3 is 15.3 Å². The summed E-state index contributed by atoms with van der Waals surface area (Å²) in [5.74, 6) is 6.12. The normalized spacial score (nSPS) is 17.0. The van der Waals surface area contributed by atoms with Gasteiger partial charge in [0, 0.05) is 30.5 Å². The lowest BCUT2D eigenvalue weighted by atomic mass is 9.85. The zero-order valence-corrected chi connectivity index (χ0v) is 17.1. The molecule has 146 valence electrons. The van der Waals surface area contributed by atoms with Gasteiger partial charge in [-0.2, -0.15) is 0 Å². The Morgan fingerprint density at radius 3 is 2.81 bits per heavy atom. The number of aliphatic hydroxyl groups excluding tert-OH is 1. The van der Waals surface area contributed by atoms with Crippen molar-refractivity contribution in [3.8, 4) is 11.8 Å². The molecule has 1 aliphatic heterocycles. The van der Waals surface area contributed by atoms with Crippen molar-refractivity contribution < 1.29 is 9.90 Å². The number of nitrogens with one attached hydrogen (secondary N) is 1. The predicted molar refractivity (Wildman–Crippen MR) is 110 cm³/mol. The highest BCUT2D eigenvalue weighted by atomic mass is 16.2. The Kier molecular flexibility index (Phi) is 7.04. The van der Waals surface area contributed by atoms with E-state index in [1.54, 1.807) is 6.20 Å². The van der Waals surface area contributed by atoms with Crippen molar-refractivity contribution in [1.82, 2.24) is 10.3 Å². The number of allylic oxidation sites excluding steroid dienone is 2. The summed E-state index contributed by atoms with van der Waals surface area (Å²) in [6.45, 7) is 11.8. The molecule has 2 N–H and O–H groups in total. The smallest absolute Gasteiger partial charge is 0.259 e. The molecule has 0 aromatic carbocycles. The van der Waals surface area contributed by atoms with Crippen molar-refractivity contribution in [2.24, 2.45) is 5.41 Å². The number of anilines is 1. The standard InChI is InChI=1S/C22H31N3O2/c1-6-16(2)24-21(27)19-17(3)18(9-7-14-26)15-23-20(19)25-12-8-10-22(4,5)11-13-25/h6,15,26H,8,10-14H2,1-5H3,(H,24,27)/b16-6+. The highest BCUT2D eigenvalue weighted by Crippen LogP contribution is 2.33. The second-order valence-electron chi connectivity index (χ2n) is 7.89. The third kappa shape index (κ3) is 5.33. The lowest BCUT2D eigenvalue weighted by Crippen LogP contribution is -2.31. The summed E-state index contributed by atoms with van der Waals surface area (Å²) in [5.41, 5.74) is 3.15. The molecule has 27 heavy (non-hydrogen) atoms. The first kappa shape index (κ1) is 21.0. The molecule has 1 amide bonds. The van der Waals surface area contributed by atoms with E-state index in [2.05, 4.69) is 40.9 Å². The second-order valence-corrected chi connectivity index (χ2v) is 7.89. The second kappa shape index (κ2) is 9.05. The topological polar surface area (TPSA) is 65.5 Å². The Morgan fingerprint density at radius 2 is 2.15 bits per heavy atom. The van der Waals surface area contributed by atoms with Gasteiger partial charge in [-0.05, 0) is 51.0 Å². The maximum atomic E-state index is 13.0. The minimum Gasteiger partial charge on any atom is -0.384 e. The van der Waals surface area contributed by atoms with Gasteiger partial charge in [0.15, 0.2) is 0 Å². The Labute approximate surface area is 162 Å². The first-order valence-electron chi connectivity index (χ1n) is 9.57. The maximum absolute atomic E-state index is 13.0. The fraction of sp³-hybridized carbons (Fsp3) is 0.545. The molecule has 1 aliphatic rings. The monoisotopic (exact) mass is 369 g/mol. The van der Waals surface area contributed by atoms with Crippen LogP contribution in [-0.4, -0.2) is 35.7 Å². The summed E-state index contributed by atoms with van der Waals surface area (Å²) in [6, 6.07) is 0. The molecule has 1 fully saturated rings. The van der Waals surface area contributed by atoms with Crippen LogP contribution in [0.25, 0.3) is 0 Å². The molecule has 0 saturated carbocycles. The van der Waals surface area contributed by atoms with Crippen LogP contribution in [0.4, 0.5) is 5.82 Å². The first-order chi connectivity index (χ1) is 12.8. The van der Waals surface area contributed by atoms with Gasteiger partial charge in [-0.15, -0.1) is 0 Å². The number of hydrogen-bond acceptors (Lipinski definition) is 4. The van der Waals surface area contributed by atoms with Gasteiger partial charge in [0.05, 0.1) is 5.56 Å². The van der Waals surface area contributed by atoms with Crippen LogP contribution in [0.5, 0.6) is 0 Å². The molecule has 1 saturated heterocycles. The Hall–Kier alpha value is -2.32. The fourth-order valence-electron chi connectivity index (χ4n) is 3.31. The van der Waals surface area contributed by atoms with Crippen molar-refractivity contribution >= 4 is 11.7 Å². The number of amides is 1. The average Bonchev–Trinajstić information content (AvgIpc) is 2.80. The van der Waals surface area contributed by atoms with Gasteiger partial charge in [0.2, 0.25) is 0 Å². The van der Waals surface area contributed by atoms with E-state index in [1.165, 1.54) is 6.42 Å². The van der Waals surface area contributed by atoms with Gasteiger partial charge >= 0.3 is 0 Å². The maximum Gasteiger partial charge on any atom is 0.259 e. The third-order valence-electron chi connectivity index (χ3n) is 5.23. The van der Waals surface area contributed by atoms with Crippen LogP contribution in [0.3, 0.4) is 0 Å². The Morgan fingerprint density at radius 1 is 1.41 bits per heavy atom. The number of aromatic nitrogens is 1. The van der Waals surface area contributed by atoms with E-state index in [-0.39, 0.29) is 12.5 Å². The highest BCUT2D eigenvalue weighted by molar-refractivity contribution is 6.01. The predicted octanol–water partition coefficient (Wildman–Crippen LogP) is 3.40. The minimum absolute atomic E-state index is 0.165. The van der Waals surface area contributed by atoms with Gasteiger partial charge in [-0.1, -0.05) is 31.8 Å². The van der Waals surface area contributed by atoms with Crippen LogP contribution >= 0.6 is 0 Å². The van der Waals surface area contributed by atoms with Crippen molar-refractivity contribution in [3.63, 3.8) is 0 Å². The largest absolute Gasteiger partial charge is 0.384 e. The van der Waals surface area contributed by atoms with Crippen molar-refractivity contribution in [3.05, 3.63) is 34.7 Å². The molecule has 1 aromatic heterocycles. The molecule has 2 heterocycles. The molecule has 0 aliphatic carbocycles. The first-order valence-corrected chi connectivity index (χ1v) is 9.57. The zero-order valence-electron chi connectivity index (χ0n) is 17.1. The molecule has 0 unspecified atom stereocenters. The zero-order chi connectivity index (χ0) is 20.0. The van der Waals surface area contributed by atoms with Crippen molar-refractivity contribution in [2.45, 2.75) is 53.9 Å². The molecular weight excluding hydrogens is 338 g/mol. The van der Waals surface area contributed by atoms with Crippen LogP contribution < -0.4 is 10.2 Å². The van der Waals surface area contributed by atoms with Gasteiger partial charge in [0.1, 0.15) is 12.4 Å². The number of rotatable bonds is 3. The van der Waals surface area contributed by atoms with Gasteiger partial charge in [-0.25, -0.2) is 4.98 Å². The molecular formula is C22H31N3O2.